The molecule has 0 aliphatic heterocycles. The maximum atomic E-state index is 11.4. The number of sulfonamides is 1. The van der Waals surface area contributed by atoms with Crippen LogP contribution >= 0.6 is 11.8 Å². The first-order valence-corrected chi connectivity index (χ1v) is 7.16. The molecular weight excluding hydrogens is 220 g/mol. The molecule has 1 rings (SSSR count). The molecule has 1 fully saturated rings. The number of rotatable bonds is 5. The van der Waals surface area contributed by atoms with Crippen LogP contribution in [-0.2, 0) is 10.0 Å². The molecule has 6 heteroatoms. The summed E-state index contributed by atoms with van der Waals surface area (Å²) in [7, 11) is -3.44. The topological polar surface area (TPSA) is 70.0 Å². The minimum Gasteiger partial charge on any atom is -0.213 e. The molecule has 0 saturated heterocycles. The fourth-order valence-electron chi connectivity index (χ4n) is 1.02. The molecule has 0 radical (unpaired) electrons. The van der Waals surface area contributed by atoms with Gasteiger partial charge in [-0.3, -0.25) is 0 Å². The highest BCUT2D eigenvalue weighted by atomic mass is 32.2. The van der Waals surface area contributed by atoms with E-state index in [9.17, 15) is 8.42 Å². The summed E-state index contributed by atoms with van der Waals surface area (Å²) in [5.74, 6) is 0. The van der Waals surface area contributed by atoms with Gasteiger partial charge < -0.3 is 0 Å². The van der Waals surface area contributed by atoms with Gasteiger partial charge in [0, 0.05) is 11.3 Å². The van der Waals surface area contributed by atoms with Gasteiger partial charge in [-0.05, 0) is 26.0 Å². The number of nitriles is 1. The van der Waals surface area contributed by atoms with Crippen molar-refractivity contribution in [3.05, 3.63) is 0 Å². The third-order valence-electron chi connectivity index (χ3n) is 2.48. The Kier molecular flexibility index (Phi) is 3.45. The first-order valence-electron chi connectivity index (χ1n) is 4.39. The van der Waals surface area contributed by atoms with Gasteiger partial charge in [-0.1, -0.05) is 0 Å². The molecule has 0 bridgehead atoms. The normalized spacial score (nSPS) is 21.2. The summed E-state index contributed by atoms with van der Waals surface area (Å²) in [5, 5.41) is 7.53. The third-order valence-corrected chi connectivity index (χ3v) is 5.49. The predicted octanol–water partition coefficient (Wildman–Crippen LogP) is 0.713. The standard InChI is InChI=1S/C8H14N2O2S2/c1-7(5-9)14(11,12)10-6-8(13-2)3-4-8/h7,10H,3-4,6H2,1-2H3. The first kappa shape index (κ1) is 11.8. The maximum absolute atomic E-state index is 11.4. The quantitative estimate of drug-likeness (QED) is 0.760. The Labute approximate surface area is 89.1 Å². The fourth-order valence-corrected chi connectivity index (χ4v) is 2.70. The highest BCUT2D eigenvalue weighted by Crippen LogP contribution is 2.46. The summed E-state index contributed by atoms with van der Waals surface area (Å²) < 4.78 is 25.4. The minimum absolute atomic E-state index is 0.0995. The molecule has 0 aromatic rings. The van der Waals surface area contributed by atoms with Crippen molar-refractivity contribution >= 4 is 21.8 Å². The van der Waals surface area contributed by atoms with E-state index in [0.717, 1.165) is 12.8 Å². The molecule has 1 unspecified atom stereocenters. The van der Waals surface area contributed by atoms with E-state index in [1.165, 1.54) is 6.92 Å². The number of nitrogens with one attached hydrogen (secondary N) is 1. The van der Waals surface area contributed by atoms with Crippen molar-refractivity contribution in [1.82, 2.24) is 4.72 Å². The van der Waals surface area contributed by atoms with E-state index in [4.69, 9.17) is 5.26 Å². The first-order chi connectivity index (χ1) is 6.46. The molecule has 1 N–H and O–H groups in total. The lowest BCUT2D eigenvalue weighted by Crippen LogP contribution is -2.36. The van der Waals surface area contributed by atoms with Gasteiger partial charge in [0.25, 0.3) is 0 Å². The van der Waals surface area contributed by atoms with E-state index >= 15 is 0 Å². The molecule has 1 saturated carbocycles. The Morgan fingerprint density at radius 3 is 2.57 bits per heavy atom. The van der Waals surface area contributed by atoms with Crippen LogP contribution in [-0.4, -0.2) is 31.2 Å². The van der Waals surface area contributed by atoms with Crippen molar-refractivity contribution < 1.29 is 8.42 Å². The monoisotopic (exact) mass is 234 g/mol. The van der Waals surface area contributed by atoms with Gasteiger partial charge in [-0.25, -0.2) is 13.1 Å². The van der Waals surface area contributed by atoms with Crippen molar-refractivity contribution in [2.45, 2.75) is 29.8 Å². The van der Waals surface area contributed by atoms with Gasteiger partial charge in [0.1, 0.15) is 0 Å². The van der Waals surface area contributed by atoms with Crippen molar-refractivity contribution in [2.75, 3.05) is 12.8 Å². The van der Waals surface area contributed by atoms with E-state index in [-0.39, 0.29) is 4.75 Å². The average Bonchev–Trinajstić information content (AvgIpc) is 2.94. The van der Waals surface area contributed by atoms with Crippen LogP contribution in [0.3, 0.4) is 0 Å². The lowest BCUT2D eigenvalue weighted by Gasteiger charge is -2.13. The smallest absolute Gasteiger partial charge is 0.213 e. The lowest BCUT2D eigenvalue weighted by molar-refractivity contribution is 0.575. The molecule has 0 amide bonds. The zero-order valence-corrected chi connectivity index (χ0v) is 9.91. The average molecular weight is 234 g/mol. The van der Waals surface area contributed by atoms with Crippen LogP contribution in [0.25, 0.3) is 0 Å². The summed E-state index contributed by atoms with van der Waals surface area (Å²) in [5.41, 5.74) is 0. The number of nitrogens with zero attached hydrogens (tertiary/aromatic N) is 1. The maximum Gasteiger partial charge on any atom is 0.227 e. The molecular formula is C8H14N2O2S2. The zero-order chi connectivity index (χ0) is 10.8. The summed E-state index contributed by atoms with van der Waals surface area (Å²) in [6.07, 6.45) is 4.09. The van der Waals surface area contributed by atoms with Crippen molar-refractivity contribution in [2.24, 2.45) is 0 Å². The Hall–Kier alpha value is -0.250. The van der Waals surface area contributed by atoms with Crippen LogP contribution in [0, 0.1) is 11.3 Å². The molecule has 4 nitrogen and oxygen atoms in total. The summed E-state index contributed by atoms with van der Waals surface area (Å²) in [4.78, 5) is 0. The molecule has 0 heterocycles. The van der Waals surface area contributed by atoms with Crippen LogP contribution < -0.4 is 4.72 Å². The summed E-state index contributed by atoms with van der Waals surface area (Å²) in [6.45, 7) is 1.84. The molecule has 0 aromatic heterocycles. The zero-order valence-electron chi connectivity index (χ0n) is 8.28. The highest BCUT2D eigenvalue weighted by Gasteiger charge is 2.42. The minimum atomic E-state index is -3.44. The van der Waals surface area contributed by atoms with E-state index in [2.05, 4.69) is 4.72 Å². The molecule has 0 aromatic carbocycles. The number of thioether (sulfide) groups is 1. The van der Waals surface area contributed by atoms with Gasteiger partial charge in [0.15, 0.2) is 5.25 Å². The van der Waals surface area contributed by atoms with Gasteiger partial charge in [0.05, 0.1) is 6.07 Å². The van der Waals surface area contributed by atoms with E-state index in [1.54, 1.807) is 17.8 Å². The van der Waals surface area contributed by atoms with Gasteiger partial charge in [-0.2, -0.15) is 17.0 Å². The van der Waals surface area contributed by atoms with Crippen LogP contribution in [0.15, 0.2) is 0 Å². The van der Waals surface area contributed by atoms with Crippen LogP contribution in [0.1, 0.15) is 19.8 Å². The largest absolute Gasteiger partial charge is 0.227 e. The Morgan fingerprint density at radius 1 is 1.64 bits per heavy atom. The van der Waals surface area contributed by atoms with Crippen LogP contribution in [0.5, 0.6) is 0 Å². The van der Waals surface area contributed by atoms with Gasteiger partial charge in [-0.15, -0.1) is 0 Å². The molecule has 1 aliphatic carbocycles. The Bertz CT molecular complexity index is 341. The second kappa shape index (κ2) is 4.09. The second-order valence-corrected chi connectivity index (χ2v) is 6.88. The van der Waals surface area contributed by atoms with Gasteiger partial charge >= 0.3 is 0 Å². The molecule has 1 aliphatic rings. The summed E-state index contributed by atoms with van der Waals surface area (Å²) in [6, 6.07) is 1.72. The number of hydrogen-bond donors (Lipinski definition) is 1. The van der Waals surface area contributed by atoms with E-state index in [0.29, 0.717) is 6.54 Å². The SMILES string of the molecule is CSC1(CNS(=O)(=O)C(C)C#N)CC1. The third kappa shape index (κ3) is 2.62. The van der Waals surface area contributed by atoms with Crippen molar-refractivity contribution in [1.29, 1.82) is 5.26 Å². The molecule has 80 valence electrons. The van der Waals surface area contributed by atoms with Gasteiger partial charge in [0.2, 0.25) is 10.0 Å². The van der Waals surface area contributed by atoms with Crippen LogP contribution in [0.2, 0.25) is 0 Å². The molecule has 14 heavy (non-hydrogen) atoms. The van der Waals surface area contributed by atoms with Crippen LogP contribution in [0.4, 0.5) is 0 Å². The highest BCUT2D eigenvalue weighted by molar-refractivity contribution is 8.00. The number of hydrogen-bond acceptors (Lipinski definition) is 4. The Morgan fingerprint density at radius 2 is 2.21 bits per heavy atom. The van der Waals surface area contributed by atoms with Crippen molar-refractivity contribution in [3.8, 4) is 6.07 Å². The lowest BCUT2D eigenvalue weighted by atomic mass is 10.4. The van der Waals surface area contributed by atoms with E-state index < -0.39 is 15.3 Å². The fraction of sp³-hybridized carbons (Fsp3) is 0.875. The second-order valence-electron chi connectivity index (χ2n) is 3.52. The molecule has 0 spiro atoms. The van der Waals surface area contributed by atoms with Crippen molar-refractivity contribution in [3.63, 3.8) is 0 Å². The Balaban J connectivity index is 2.50. The summed E-state index contributed by atoms with van der Waals surface area (Å²) >= 11 is 1.69. The van der Waals surface area contributed by atoms with E-state index in [1.807, 2.05) is 6.26 Å². The molecule has 1 atom stereocenters. The predicted molar refractivity (Wildman–Crippen MR) is 57.5 cm³/mol.